The van der Waals surface area contributed by atoms with Gasteiger partial charge in [-0.05, 0) is 6.42 Å². The Kier molecular flexibility index (Phi) is 4.21. The smallest absolute Gasteiger partial charge is 0.445 e. The van der Waals surface area contributed by atoms with E-state index in [0.717, 1.165) is 6.07 Å². The quantitative estimate of drug-likeness (QED) is 0.751. The molecule has 0 aliphatic heterocycles. The van der Waals surface area contributed by atoms with Gasteiger partial charge in [0.15, 0.2) is 0 Å². The van der Waals surface area contributed by atoms with E-state index in [1.807, 2.05) is 6.92 Å². The molecule has 8 heteroatoms. The van der Waals surface area contributed by atoms with Gasteiger partial charge in [0.1, 0.15) is 0 Å². The van der Waals surface area contributed by atoms with Crippen molar-refractivity contribution in [3.8, 4) is 0 Å². The molecule has 0 fully saturated rings. The molecule has 1 heterocycles. The van der Waals surface area contributed by atoms with Crippen molar-refractivity contribution in [1.29, 1.82) is 0 Å². The Bertz CT molecular complexity index is 559. The highest BCUT2D eigenvalue weighted by Crippen LogP contribution is 2.18. The number of aryl methyl sites for hydroxylation is 1. The van der Waals surface area contributed by atoms with E-state index in [4.69, 9.17) is 0 Å². The third-order valence-corrected chi connectivity index (χ3v) is 2.43. The molecule has 18 heavy (non-hydrogen) atoms. The molecule has 0 N–H and O–H groups in total. The van der Waals surface area contributed by atoms with Crippen molar-refractivity contribution < 1.29 is 12.9 Å². The fourth-order valence-corrected chi connectivity index (χ4v) is 1.42. The summed E-state index contributed by atoms with van der Waals surface area (Å²) < 4.78 is 38.9. The van der Waals surface area contributed by atoms with Gasteiger partial charge in [0, 0.05) is 25.4 Å². The summed E-state index contributed by atoms with van der Waals surface area (Å²) >= 11 is 0. The lowest BCUT2D eigenvalue weighted by Crippen LogP contribution is -2.41. The lowest BCUT2D eigenvalue weighted by atomic mass is 9.80. The van der Waals surface area contributed by atoms with Gasteiger partial charge in [-0.25, -0.2) is 4.79 Å². The molecular formula is C10H13BF3N2O2-. The highest BCUT2D eigenvalue weighted by Gasteiger charge is 2.27. The summed E-state index contributed by atoms with van der Waals surface area (Å²) in [6.07, 6.45) is 1.93. The van der Waals surface area contributed by atoms with Gasteiger partial charge in [0.05, 0.1) is 0 Å². The van der Waals surface area contributed by atoms with Crippen molar-refractivity contribution in [3.05, 3.63) is 45.2 Å². The molecular weight excluding hydrogens is 248 g/mol. The van der Waals surface area contributed by atoms with Gasteiger partial charge in [-0.15, -0.1) is 12.1 Å². The number of aromatic nitrogens is 2. The summed E-state index contributed by atoms with van der Waals surface area (Å²) in [6, 6.07) is 1.08. The predicted molar refractivity (Wildman–Crippen MR) is 63.5 cm³/mol. The van der Waals surface area contributed by atoms with Gasteiger partial charge >= 0.3 is 12.7 Å². The Hall–Kier alpha value is -1.73. The minimum atomic E-state index is -5.25. The van der Waals surface area contributed by atoms with Gasteiger partial charge < -0.3 is 17.5 Å². The average molecular weight is 261 g/mol. The number of hydrogen-bond acceptors (Lipinski definition) is 2. The van der Waals surface area contributed by atoms with Crippen molar-refractivity contribution in [3.63, 3.8) is 0 Å². The molecule has 100 valence electrons. The van der Waals surface area contributed by atoms with Crippen LogP contribution in [-0.4, -0.2) is 16.1 Å². The number of allylic oxidation sites excluding steroid dienone is 1. The van der Waals surface area contributed by atoms with Crippen LogP contribution >= 0.6 is 0 Å². The number of nitrogens with zero attached hydrogens (tertiary/aromatic N) is 2. The Morgan fingerprint density at radius 1 is 1.39 bits per heavy atom. The lowest BCUT2D eigenvalue weighted by molar-refractivity contribution is 0.477. The third-order valence-electron chi connectivity index (χ3n) is 2.43. The minimum Gasteiger partial charge on any atom is -0.445 e. The normalized spacial score (nSPS) is 11.6. The third kappa shape index (κ3) is 3.15. The van der Waals surface area contributed by atoms with Crippen molar-refractivity contribution >= 4 is 6.98 Å². The van der Waals surface area contributed by atoms with E-state index in [9.17, 15) is 22.5 Å². The van der Waals surface area contributed by atoms with Crippen LogP contribution in [0.2, 0.25) is 0 Å². The molecule has 1 aromatic heterocycles. The molecule has 0 bridgehead atoms. The second kappa shape index (κ2) is 5.28. The summed E-state index contributed by atoms with van der Waals surface area (Å²) in [7, 11) is 0. The van der Waals surface area contributed by atoms with Gasteiger partial charge in [0.25, 0.3) is 5.56 Å². The van der Waals surface area contributed by atoms with Crippen LogP contribution < -0.4 is 11.2 Å². The second-order valence-corrected chi connectivity index (χ2v) is 3.95. The van der Waals surface area contributed by atoms with E-state index in [-0.39, 0.29) is 0 Å². The molecule has 0 aliphatic rings. The molecule has 0 atom stereocenters. The molecule has 1 aromatic rings. The van der Waals surface area contributed by atoms with Crippen LogP contribution in [0.5, 0.6) is 0 Å². The van der Waals surface area contributed by atoms with Crippen molar-refractivity contribution in [2.45, 2.75) is 26.4 Å². The van der Waals surface area contributed by atoms with Gasteiger partial charge in [-0.1, -0.05) is 6.92 Å². The topological polar surface area (TPSA) is 44.0 Å². The molecule has 0 aliphatic carbocycles. The molecule has 1 rings (SSSR count). The summed E-state index contributed by atoms with van der Waals surface area (Å²) in [6.45, 7) is -1.02. The number of rotatable bonds is 5. The van der Waals surface area contributed by atoms with Crippen LogP contribution in [-0.2, 0) is 13.1 Å². The standard InChI is InChI=1S/C10H13BF3N2O2/c1-3-5-15-6-4-9(17)16(10(15)18)7-8(2)11(12,13)14/h4,6H,2-3,5,7H2,1H3/q-1. The minimum absolute atomic E-state index is 0.350. The van der Waals surface area contributed by atoms with Crippen LogP contribution in [0.15, 0.2) is 33.9 Å². The summed E-state index contributed by atoms with van der Waals surface area (Å²) in [4.78, 5) is 23.2. The fraction of sp³-hybridized carbons (Fsp3) is 0.400. The summed E-state index contributed by atoms with van der Waals surface area (Å²) in [5.41, 5.74) is -2.57. The van der Waals surface area contributed by atoms with Crippen LogP contribution in [0.25, 0.3) is 0 Å². The van der Waals surface area contributed by atoms with Crippen molar-refractivity contribution in [1.82, 2.24) is 9.13 Å². The SMILES string of the molecule is C=C(Cn1c(=O)ccn(CCC)c1=O)[B-](F)(F)F. The fourth-order valence-electron chi connectivity index (χ4n) is 1.42. The zero-order valence-corrected chi connectivity index (χ0v) is 9.91. The highest BCUT2D eigenvalue weighted by atomic mass is 19.4. The van der Waals surface area contributed by atoms with Crippen LogP contribution in [0.3, 0.4) is 0 Å². The molecule has 4 nitrogen and oxygen atoms in total. The largest absolute Gasteiger partial charge is 0.506 e. The van der Waals surface area contributed by atoms with E-state index in [2.05, 4.69) is 6.58 Å². The number of halogens is 3. The predicted octanol–water partition coefficient (Wildman–Crippen LogP) is 1.36. The Morgan fingerprint density at radius 3 is 2.50 bits per heavy atom. The first-order chi connectivity index (χ1) is 8.27. The van der Waals surface area contributed by atoms with Gasteiger partial charge in [-0.3, -0.25) is 9.36 Å². The zero-order valence-electron chi connectivity index (χ0n) is 9.91. The molecule has 0 saturated heterocycles. The molecule has 0 radical (unpaired) electrons. The first kappa shape index (κ1) is 14.3. The maximum Gasteiger partial charge on any atom is 0.506 e. The van der Waals surface area contributed by atoms with E-state index in [1.165, 1.54) is 10.8 Å². The first-order valence-electron chi connectivity index (χ1n) is 5.45. The monoisotopic (exact) mass is 261 g/mol. The number of hydrogen-bond donors (Lipinski definition) is 0. The molecule has 0 spiro atoms. The lowest BCUT2D eigenvalue weighted by Gasteiger charge is -2.18. The van der Waals surface area contributed by atoms with Crippen LogP contribution in [0.1, 0.15) is 13.3 Å². The average Bonchev–Trinajstić information content (AvgIpc) is 2.26. The van der Waals surface area contributed by atoms with Crippen molar-refractivity contribution in [2.24, 2.45) is 0 Å². The maximum absolute atomic E-state index is 12.4. The van der Waals surface area contributed by atoms with Crippen LogP contribution in [0.4, 0.5) is 12.9 Å². The van der Waals surface area contributed by atoms with Crippen LogP contribution in [0, 0.1) is 0 Å². The maximum atomic E-state index is 12.4. The van der Waals surface area contributed by atoms with E-state index < -0.39 is 30.2 Å². The van der Waals surface area contributed by atoms with E-state index in [1.54, 1.807) is 0 Å². The molecule has 0 aromatic carbocycles. The second-order valence-electron chi connectivity index (χ2n) is 3.95. The Morgan fingerprint density at radius 2 is 2.00 bits per heavy atom. The van der Waals surface area contributed by atoms with Crippen molar-refractivity contribution in [2.75, 3.05) is 0 Å². The van der Waals surface area contributed by atoms with Gasteiger partial charge in [0.2, 0.25) is 0 Å². The molecule has 0 amide bonds. The summed E-state index contributed by atoms with van der Waals surface area (Å²) in [5.74, 6) is 0. The van der Waals surface area contributed by atoms with E-state index in [0.29, 0.717) is 17.5 Å². The first-order valence-corrected chi connectivity index (χ1v) is 5.45. The van der Waals surface area contributed by atoms with E-state index >= 15 is 0 Å². The molecule has 0 unspecified atom stereocenters. The highest BCUT2D eigenvalue weighted by molar-refractivity contribution is 6.66. The summed E-state index contributed by atoms with van der Waals surface area (Å²) in [5, 5.41) is 0. The van der Waals surface area contributed by atoms with Gasteiger partial charge in [-0.2, -0.15) is 0 Å². The molecule has 0 saturated carbocycles. The Balaban J connectivity index is 3.17. The zero-order chi connectivity index (χ0) is 13.9. The Labute approximate surface area is 101 Å².